The van der Waals surface area contributed by atoms with Crippen molar-refractivity contribution in [3.05, 3.63) is 0 Å². The highest BCUT2D eigenvalue weighted by atomic mass is 16.5. The number of ketones is 1. The smallest absolute Gasteiger partial charge is 0.320 e. The Labute approximate surface area is 81.0 Å². The third-order valence-corrected chi connectivity index (χ3v) is 1.62. The Balaban J connectivity index is 3.74. The Morgan fingerprint density at radius 3 is 2.43 bits per heavy atom. The molecule has 0 radical (unpaired) electrons. The van der Waals surface area contributed by atoms with Gasteiger partial charge in [-0.1, -0.05) is 0 Å². The predicted molar refractivity (Wildman–Crippen MR) is 46.5 cm³/mol. The normalized spacial score (nSPS) is 11.9. The van der Waals surface area contributed by atoms with Crippen molar-refractivity contribution in [1.29, 1.82) is 0 Å². The van der Waals surface area contributed by atoms with Crippen molar-refractivity contribution in [1.82, 2.24) is 0 Å². The quantitative estimate of drug-likeness (QED) is 0.437. The SMILES string of the molecule is COC(=O)CC(=O)CCC(N)C(=O)O. The summed E-state index contributed by atoms with van der Waals surface area (Å²) >= 11 is 0. The average molecular weight is 203 g/mol. The van der Waals surface area contributed by atoms with Crippen molar-refractivity contribution in [2.24, 2.45) is 5.73 Å². The maximum absolute atomic E-state index is 11.0. The van der Waals surface area contributed by atoms with E-state index < -0.39 is 18.0 Å². The molecule has 0 aliphatic rings. The van der Waals surface area contributed by atoms with E-state index in [9.17, 15) is 14.4 Å². The van der Waals surface area contributed by atoms with E-state index >= 15 is 0 Å². The zero-order valence-corrected chi connectivity index (χ0v) is 7.86. The topological polar surface area (TPSA) is 107 Å². The first-order valence-electron chi connectivity index (χ1n) is 4.04. The van der Waals surface area contributed by atoms with Gasteiger partial charge in [0.1, 0.15) is 18.2 Å². The fraction of sp³-hybridized carbons (Fsp3) is 0.625. The molecule has 6 nitrogen and oxygen atoms in total. The molecule has 0 rings (SSSR count). The number of carbonyl (C=O) groups is 3. The first kappa shape index (κ1) is 12.6. The van der Waals surface area contributed by atoms with Crippen molar-refractivity contribution in [3.8, 4) is 0 Å². The Morgan fingerprint density at radius 1 is 1.43 bits per heavy atom. The number of Topliss-reactive ketones (excluding diaryl/α,β-unsaturated/α-hetero) is 1. The third kappa shape index (κ3) is 5.26. The second kappa shape index (κ2) is 6.09. The molecule has 0 aromatic heterocycles. The largest absolute Gasteiger partial charge is 0.480 e. The van der Waals surface area contributed by atoms with Crippen LogP contribution < -0.4 is 5.73 Å². The predicted octanol–water partition coefficient (Wildman–Crippen LogP) is -0.689. The van der Waals surface area contributed by atoms with Crippen LogP contribution in [0.15, 0.2) is 0 Å². The van der Waals surface area contributed by atoms with Gasteiger partial charge in [-0.3, -0.25) is 14.4 Å². The lowest BCUT2D eigenvalue weighted by Gasteiger charge is -2.04. The van der Waals surface area contributed by atoms with Gasteiger partial charge in [0.2, 0.25) is 0 Å². The van der Waals surface area contributed by atoms with Crippen molar-refractivity contribution in [2.75, 3.05) is 7.11 Å². The number of hydrogen-bond acceptors (Lipinski definition) is 5. The van der Waals surface area contributed by atoms with Gasteiger partial charge in [-0.05, 0) is 6.42 Å². The molecule has 0 fully saturated rings. The molecule has 0 bridgehead atoms. The summed E-state index contributed by atoms with van der Waals surface area (Å²) in [6.45, 7) is 0. The van der Waals surface area contributed by atoms with E-state index in [1.54, 1.807) is 0 Å². The van der Waals surface area contributed by atoms with Crippen molar-refractivity contribution >= 4 is 17.7 Å². The number of nitrogens with two attached hydrogens (primary N) is 1. The standard InChI is InChI=1S/C8H13NO5/c1-14-7(11)4-5(10)2-3-6(9)8(12)13/h6H,2-4,9H2,1H3,(H,12,13). The van der Waals surface area contributed by atoms with Crippen LogP contribution >= 0.6 is 0 Å². The zero-order valence-electron chi connectivity index (χ0n) is 7.86. The second-order valence-corrected chi connectivity index (χ2v) is 2.77. The first-order valence-corrected chi connectivity index (χ1v) is 4.04. The molecule has 0 heterocycles. The molecule has 0 saturated carbocycles. The molecule has 6 heteroatoms. The van der Waals surface area contributed by atoms with Gasteiger partial charge < -0.3 is 15.6 Å². The molecule has 0 aromatic carbocycles. The van der Waals surface area contributed by atoms with Crippen LogP contribution in [-0.4, -0.2) is 36.0 Å². The van der Waals surface area contributed by atoms with Crippen LogP contribution in [0.3, 0.4) is 0 Å². The molecule has 0 saturated heterocycles. The lowest BCUT2D eigenvalue weighted by atomic mass is 10.1. The summed E-state index contributed by atoms with van der Waals surface area (Å²) in [5.74, 6) is -2.15. The number of aliphatic carboxylic acids is 1. The Bertz CT molecular complexity index is 238. The maximum atomic E-state index is 11.0. The van der Waals surface area contributed by atoms with Crippen LogP contribution in [0.4, 0.5) is 0 Å². The molecule has 3 N–H and O–H groups in total. The first-order chi connectivity index (χ1) is 6.47. The van der Waals surface area contributed by atoms with E-state index in [0.29, 0.717) is 0 Å². The zero-order chi connectivity index (χ0) is 11.1. The monoisotopic (exact) mass is 203 g/mol. The number of rotatable bonds is 6. The van der Waals surface area contributed by atoms with E-state index in [0.717, 1.165) is 0 Å². The Morgan fingerprint density at radius 2 is 2.00 bits per heavy atom. The average Bonchev–Trinajstić information content (AvgIpc) is 2.13. The minimum absolute atomic E-state index is 0.0252. The van der Waals surface area contributed by atoms with Gasteiger partial charge in [0.25, 0.3) is 0 Å². The highest BCUT2D eigenvalue weighted by Gasteiger charge is 2.15. The molecule has 0 aromatic rings. The van der Waals surface area contributed by atoms with Crippen LogP contribution in [0.2, 0.25) is 0 Å². The number of carboxylic acid groups (broad SMARTS) is 1. The van der Waals surface area contributed by atoms with Crippen LogP contribution in [0.25, 0.3) is 0 Å². The molecular weight excluding hydrogens is 190 g/mol. The number of methoxy groups -OCH3 is 1. The fourth-order valence-corrected chi connectivity index (χ4v) is 0.762. The number of carboxylic acids is 1. The van der Waals surface area contributed by atoms with Crippen molar-refractivity contribution < 1.29 is 24.2 Å². The maximum Gasteiger partial charge on any atom is 0.320 e. The summed E-state index contributed by atoms with van der Waals surface area (Å²) < 4.78 is 4.27. The molecule has 0 aliphatic carbocycles. The van der Waals surface area contributed by atoms with Gasteiger partial charge in [-0.25, -0.2) is 0 Å². The number of esters is 1. The minimum Gasteiger partial charge on any atom is -0.480 e. The van der Waals surface area contributed by atoms with Crippen molar-refractivity contribution in [3.63, 3.8) is 0 Å². The minimum atomic E-state index is -1.16. The van der Waals surface area contributed by atoms with E-state index in [4.69, 9.17) is 10.8 Å². The second-order valence-electron chi connectivity index (χ2n) is 2.77. The van der Waals surface area contributed by atoms with E-state index in [1.165, 1.54) is 7.11 Å². The van der Waals surface area contributed by atoms with Crippen LogP contribution in [0, 0.1) is 0 Å². The highest BCUT2D eigenvalue weighted by molar-refractivity contribution is 5.95. The summed E-state index contributed by atoms with van der Waals surface area (Å²) in [6.07, 6.45) is -0.323. The summed E-state index contributed by atoms with van der Waals surface area (Å²) in [7, 11) is 1.18. The fourth-order valence-electron chi connectivity index (χ4n) is 0.762. The third-order valence-electron chi connectivity index (χ3n) is 1.62. The number of ether oxygens (including phenoxy) is 1. The summed E-state index contributed by atoms with van der Waals surface area (Å²) in [6, 6.07) is -1.06. The Hall–Kier alpha value is -1.43. The molecule has 1 unspecified atom stereocenters. The summed E-state index contributed by atoms with van der Waals surface area (Å²) in [5, 5.41) is 8.40. The molecular formula is C8H13NO5. The molecule has 80 valence electrons. The summed E-state index contributed by atoms with van der Waals surface area (Å²) in [4.78, 5) is 31.9. The molecule has 1 atom stereocenters. The van der Waals surface area contributed by atoms with Crippen LogP contribution in [0.1, 0.15) is 19.3 Å². The van der Waals surface area contributed by atoms with E-state index in [1.807, 2.05) is 0 Å². The molecule has 0 aliphatic heterocycles. The molecule has 0 amide bonds. The van der Waals surface area contributed by atoms with Crippen LogP contribution in [0.5, 0.6) is 0 Å². The van der Waals surface area contributed by atoms with Gasteiger partial charge in [0.15, 0.2) is 0 Å². The number of carbonyl (C=O) groups excluding carboxylic acids is 2. The highest BCUT2D eigenvalue weighted by Crippen LogP contribution is 1.99. The van der Waals surface area contributed by atoms with Gasteiger partial charge in [-0.15, -0.1) is 0 Å². The van der Waals surface area contributed by atoms with E-state index in [-0.39, 0.29) is 25.0 Å². The Kier molecular flexibility index (Phi) is 5.47. The lowest BCUT2D eigenvalue weighted by molar-refractivity contribution is -0.143. The lowest BCUT2D eigenvalue weighted by Crippen LogP contribution is -2.30. The van der Waals surface area contributed by atoms with Crippen LogP contribution in [-0.2, 0) is 19.1 Å². The molecule has 0 spiro atoms. The van der Waals surface area contributed by atoms with Crippen molar-refractivity contribution in [2.45, 2.75) is 25.3 Å². The van der Waals surface area contributed by atoms with E-state index in [2.05, 4.69) is 4.74 Å². The van der Waals surface area contributed by atoms with Gasteiger partial charge in [0, 0.05) is 6.42 Å². The van der Waals surface area contributed by atoms with Gasteiger partial charge >= 0.3 is 11.9 Å². The molecule has 14 heavy (non-hydrogen) atoms. The van der Waals surface area contributed by atoms with Gasteiger partial charge in [0.05, 0.1) is 7.11 Å². The summed E-state index contributed by atoms with van der Waals surface area (Å²) in [5.41, 5.74) is 5.16. The number of hydrogen-bond donors (Lipinski definition) is 2. The van der Waals surface area contributed by atoms with Gasteiger partial charge in [-0.2, -0.15) is 0 Å².